The lowest BCUT2D eigenvalue weighted by atomic mass is 10.4. The Morgan fingerprint density at radius 2 is 2.31 bits per heavy atom. The van der Waals surface area contributed by atoms with Gasteiger partial charge in [0.25, 0.3) is 6.43 Å². The summed E-state index contributed by atoms with van der Waals surface area (Å²) in [7, 11) is 0. The highest BCUT2D eigenvalue weighted by atomic mass is 79.9. The molecule has 7 heteroatoms. The Kier molecular flexibility index (Phi) is 4.68. The first-order chi connectivity index (χ1) is 6.18. The van der Waals surface area contributed by atoms with E-state index in [-0.39, 0.29) is 6.61 Å². The van der Waals surface area contributed by atoms with E-state index in [4.69, 9.17) is 0 Å². The van der Waals surface area contributed by atoms with E-state index in [9.17, 15) is 8.78 Å². The molecule has 0 aliphatic heterocycles. The van der Waals surface area contributed by atoms with Crippen LogP contribution in [0, 0.1) is 0 Å². The maximum atomic E-state index is 11.6. The Morgan fingerprint density at radius 1 is 1.54 bits per heavy atom. The second kappa shape index (κ2) is 5.56. The molecule has 0 aromatic carbocycles. The summed E-state index contributed by atoms with van der Waals surface area (Å²) in [5, 5.41) is 0. The van der Waals surface area contributed by atoms with E-state index >= 15 is 0 Å². The molecular weight excluding hydrogens is 266 g/mol. The van der Waals surface area contributed by atoms with E-state index < -0.39 is 13.0 Å². The molecule has 13 heavy (non-hydrogen) atoms. The maximum Gasteiger partial charge on any atom is 0.261 e. The van der Waals surface area contributed by atoms with Crippen LogP contribution < -0.4 is 0 Å². The molecule has 3 nitrogen and oxygen atoms in total. The van der Waals surface area contributed by atoms with Gasteiger partial charge in [-0.3, -0.25) is 0 Å². The summed E-state index contributed by atoms with van der Waals surface area (Å²) in [6.07, 6.45) is -1.94. The van der Waals surface area contributed by atoms with Gasteiger partial charge in [0, 0.05) is 6.42 Å². The minimum absolute atomic E-state index is 0.230. The van der Waals surface area contributed by atoms with Crippen LogP contribution in [-0.4, -0.2) is 29.0 Å². The van der Waals surface area contributed by atoms with Crippen molar-refractivity contribution in [2.75, 3.05) is 13.2 Å². The van der Waals surface area contributed by atoms with Crippen molar-refractivity contribution in [3.8, 4) is 0 Å². The second-order valence-corrected chi connectivity index (χ2v) is 4.21. The highest BCUT2D eigenvalue weighted by Gasteiger charge is 2.04. The maximum absolute atomic E-state index is 11.6. The largest absolute Gasteiger partial charge is 0.375 e. The lowest BCUT2D eigenvalue weighted by molar-refractivity contribution is 0.0183. The first kappa shape index (κ1) is 10.9. The first-order valence-corrected chi connectivity index (χ1v) is 5.09. The van der Waals surface area contributed by atoms with E-state index in [2.05, 4.69) is 30.0 Å². The topological polar surface area (TPSA) is 35.0 Å². The lowest BCUT2D eigenvalue weighted by Gasteiger charge is -1.99. The van der Waals surface area contributed by atoms with Crippen LogP contribution >= 0.6 is 27.5 Å². The highest BCUT2D eigenvalue weighted by Crippen LogP contribution is 2.11. The minimum atomic E-state index is -2.41. The smallest absolute Gasteiger partial charge is 0.261 e. The molecule has 0 aliphatic carbocycles. The van der Waals surface area contributed by atoms with Crippen molar-refractivity contribution >= 4 is 27.5 Å². The quantitative estimate of drug-likeness (QED) is 0.771. The lowest BCUT2D eigenvalue weighted by Crippen LogP contribution is -2.07. The molecule has 1 aromatic rings. The van der Waals surface area contributed by atoms with E-state index in [0.717, 1.165) is 0 Å². The average molecular weight is 273 g/mol. The fraction of sp³-hybridized carbons (Fsp3) is 0.667. The highest BCUT2D eigenvalue weighted by molar-refractivity contribution is 9.11. The molecule has 0 radical (unpaired) electrons. The van der Waals surface area contributed by atoms with Crippen molar-refractivity contribution in [1.82, 2.24) is 9.36 Å². The zero-order valence-electron chi connectivity index (χ0n) is 6.54. The predicted molar refractivity (Wildman–Crippen MR) is 48.1 cm³/mol. The molecule has 74 valence electrons. The molecule has 1 aromatic heterocycles. The molecule has 0 fully saturated rings. The van der Waals surface area contributed by atoms with Gasteiger partial charge in [0.05, 0.1) is 6.61 Å². The Labute approximate surface area is 86.4 Å². The molecule has 0 unspecified atom stereocenters. The molecule has 0 spiro atoms. The van der Waals surface area contributed by atoms with Crippen molar-refractivity contribution in [3.63, 3.8) is 0 Å². The van der Waals surface area contributed by atoms with Crippen molar-refractivity contribution in [2.24, 2.45) is 0 Å². The van der Waals surface area contributed by atoms with Crippen molar-refractivity contribution in [1.29, 1.82) is 0 Å². The fourth-order valence-corrected chi connectivity index (χ4v) is 1.55. The summed E-state index contributed by atoms with van der Waals surface area (Å²) >= 11 is 4.37. The van der Waals surface area contributed by atoms with E-state index in [1.165, 1.54) is 11.5 Å². The van der Waals surface area contributed by atoms with Gasteiger partial charge in [0.2, 0.25) is 0 Å². The molecule has 0 saturated carbocycles. The third-order valence-electron chi connectivity index (χ3n) is 1.16. The van der Waals surface area contributed by atoms with E-state index in [0.29, 0.717) is 16.2 Å². The van der Waals surface area contributed by atoms with E-state index in [1.54, 1.807) is 0 Å². The van der Waals surface area contributed by atoms with Gasteiger partial charge >= 0.3 is 0 Å². The molecule has 0 atom stereocenters. The van der Waals surface area contributed by atoms with Crippen molar-refractivity contribution in [3.05, 3.63) is 9.74 Å². The van der Waals surface area contributed by atoms with Crippen LogP contribution in [0.2, 0.25) is 0 Å². The van der Waals surface area contributed by atoms with Gasteiger partial charge in [-0.15, -0.1) is 0 Å². The third kappa shape index (κ3) is 4.58. The summed E-state index contributed by atoms with van der Waals surface area (Å²) in [4.78, 5) is 3.98. The Morgan fingerprint density at radius 3 is 2.85 bits per heavy atom. The Balaban J connectivity index is 2.13. The van der Waals surface area contributed by atoms with Crippen LogP contribution in [0.3, 0.4) is 0 Å². The predicted octanol–water partition coefficient (Wildman–Crippen LogP) is 2.12. The number of hydrogen-bond donors (Lipinski definition) is 0. The SMILES string of the molecule is FC(F)COCCc1nsc(Br)n1. The third-order valence-corrected chi connectivity index (χ3v) is 2.31. The summed E-state index contributed by atoms with van der Waals surface area (Å²) in [5.41, 5.74) is 0. The Hall–Kier alpha value is -0.140. The van der Waals surface area contributed by atoms with E-state index in [1.807, 2.05) is 0 Å². The van der Waals surface area contributed by atoms with Crippen molar-refractivity contribution in [2.45, 2.75) is 12.8 Å². The van der Waals surface area contributed by atoms with Gasteiger partial charge in [-0.05, 0) is 27.5 Å². The molecule has 1 rings (SSSR count). The van der Waals surface area contributed by atoms with Crippen molar-refractivity contribution < 1.29 is 13.5 Å². The summed E-state index contributed by atoms with van der Waals surface area (Å²) in [6.45, 7) is -0.293. The number of nitrogens with zero attached hydrogens (tertiary/aromatic N) is 2. The molecule has 0 amide bonds. The zero-order chi connectivity index (χ0) is 9.68. The molecule has 0 saturated heterocycles. The Bertz CT molecular complexity index is 259. The molecule has 1 heterocycles. The molecule has 0 aliphatic rings. The van der Waals surface area contributed by atoms with Crippen LogP contribution in [-0.2, 0) is 11.2 Å². The minimum Gasteiger partial charge on any atom is -0.375 e. The summed E-state index contributed by atoms with van der Waals surface area (Å²) < 4.78 is 32.5. The van der Waals surface area contributed by atoms with Crippen LogP contribution in [0.1, 0.15) is 5.82 Å². The van der Waals surface area contributed by atoms with Crippen LogP contribution in [0.5, 0.6) is 0 Å². The fourth-order valence-electron chi connectivity index (χ4n) is 0.670. The zero-order valence-corrected chi connectivity index (χ0v) is 8.95. The number of hydrogen-bond acceptors (Lipinski definition) is 4. The molecule has 0 bridgehead atoms. The van der Waals surface area contributed by atoms with Gasteiger partial charge in [-0.25, -0.2) is 13.8 Å². The van der Waals surface area contributed by atoms with Gasteiger partial charge in [0.15, 0.2) is 3.92 Å². The number of rotatable bonds is 5. The van der Waals surface area contributed by atoms with Gasteiger partial charge in [0.1, 0.15) is 12.4 Å². The standard InChI is InChI=1S/C6H7BrF2N2OS/c7-6-10-5(11-13-6)1-2-12-3-4(8)9/h4H,1-3H2. The second-order valence-electron chi connectivity index (χ2n) is 2.18. The van der Waals surface area contributed by atoms with Crippen LogP contribution in [0.4, 0.5) is 8.78 Å². The number of ether oxygens (including phenoxy) is 1. The van der Waals surface area contributed by atoms with Gasteiger partial charge in [-0.1, -0.05) is 0 Å². The summed E-state index contributed by atoms with van der Waals surface area (Å²) in [6, 6.07) is 0. The number of halogens is 3. The van der Waals surface area contributed by atoms with Crippen LogP contribution in [0.25, 0.3) is 0 Å². The van der Waals surface area contributed by atoms with Gasteiger partial charge in [-0.2, -0.15) is 4.37 Å². The number of alkyl halides is 2. The normalized spacial score (nSPS) is 11.1. The van der Waals surface area contributed by atoms with Gasteiger partial charge < -0.3 is 4.74 Å². The average Bonchev–Trinajstić information content (AvgIpc) is 2.45. The van der Waals surface area contributed by atoms with Crippen LogP contribution in [0.15, 0.2) is 3.92 Å². The molecule has 0 N–H and O–H groups in total. The number of aromatic nitrogens is 2. The summed E-state index contributed by atoms with van der Waals surface area (Å²) in [5.74, 6) is 0.617. The first-order valence-electron chi connectivity index (χ1n) is 3.52. The monoisotopic (exact) mass is 272 g/mol. The molecular formula is C6H7BrF2N2OS.